The molecule has 6 heteroatoms. The zero-order chi connectivity index (χ0) is 21.2. The van der Waals surface area contributed by atoms with Crippen molar-refractivity contribution < 1.29 is 14.9 Å². The molecule has 1 aromatic heterocycles. The van der Waals surface area contributed by atoms with Gasteiger partial charge in [-0.1, -0.05) is 32.6 Å². The van der Waals surface area contributed by atoms with E-state index in [4.69, 9.17) is 21.7 Å². The van der Waals surface area contributed by atoms with Gasteiger partial charge in [-0.25, -0.2) is 9.97 Å². The molecular formula is C24H29N3O3. The highest BCUT2D eigenvalue weighted by Crippen LogP contribution is 2.33. The van der Waals surface area contributed by atoms with Gasteiger partial charge in [-0.05, 0) is 29.3 Å². The van der Waals surface area contributed by atoms with Crippen molar-refractivity contribution >= 4 is 11.3 Å². The van der Waals surface area contributed by atoms with E-state index >= 15 is 0 Å². The fourth-order valence-electron chi connectivity index (χ4n) is 2.68. The van der Waals surface area contributed by atoms with Gasteiger partial charge >= 0.3 is 0 Å². The van der Waals surface area contributed by atoms with E-state index in [0.29, 0.717) is 34.8 Å². The molecule has 2 aromatic rings. The summed E-state index contributed by atoms with van der Waals surface area (Å²) in [5.74, 6) is 3.41. The Labute approximate surface area is 178 Å². The van der Waals surface area contributed by atoms with Crippen molar-refractivity contribution in [2.75, 3.05) is 7.11 Å². The molecule has 6 nitrogen and oxygen atoms in total. The summed E-state index contributed by atoms with van der Waals surface area (Å²) in [7, 11) is 1.59. The molecule has 0 saturated carbocycles. The Balaban J connectivity index is 0.000000827. The summed E-state index contributed by atoms with van der Waals surface area (Å²) >= 11 is 0. The maximum absolute atomic E-state index is 10.6. The number of nitrogens with zero attached hydrogens (tertiary/aromatic N) is 2. The second-order valence-corrected chi connectivity index (χ2v) is 6.24. The molecule has 0 saturated heterocycles. The molecule has 158 valence electrons. The van der Waals surface area contributed by atoms with Gasteiger partial charge in [-0.2, -0.15) is 0 Å². The number of nitrogens with one attached hydrogen (secondary N) is 1. The monoisotopic (exact) mass is 407 g/mol. The van der Waals surface area contributed by atoms with E-state index in [1.165, 1.54) is 12.4 Å². The Bertz CT molecular complexity index is 941. The van der Waals surface area contributed by atoms with Crippen LogP contribution in [0.15, 0.2) is 48.8 Å². The SMILES string of the molecule is C.C#CCC.COc1ccc(C(O)c2cnc(CO)nc2)cc1C1=CC(=N)CC=C1. The van der Waals surface area contributed by atoms with Crippen LogP contribution in [-0.2, 0) is 6.61 Å². The number of methoxy groups -OCH3 is 1. The minimum absolute atomic E-state index is 0. The lowest BCUT2D eigenvalue weighted by Crippen LogP contribution is -2.05. The molecule has 1 unspecified atom stereocenters. The smallest absolute Gasteiger partial charge is 0.153 e. The minimum atomic E-state index is -0.898. The molecule has 1 aliphatic carbocycles. The van der Waals surface area contributed by atoms with Crippen LogP contribution in [0.5, 0.6) is 5.75 Å². The van der Waals surface area contributed by atoms with Crippen LogP contribution in [-0.4, -0.2) is 33.0 Å². The Morgan fingerprint density at radius 2 is 1.93 bits per heavy atom. The predicted octanol–water partition coefficient (Wildman–Crippen LogP) is 4.09. The molecule has 3 N–H and O–H groups in total. The van der Waals surface area contributed by atoms with Crippen molar-refractivity contribution in [2.24, 2.45) is 0 Å². The summed E-state index contributed by atoms with van der Waals surface area (Å²) in [6.07, 6.45) is 14.0. The molecule has 1 heterocycles. The first-order valence-corrected chi connectivity index (χ1v) is 9.21. The van der Waals surface area contributed by atoms with Gasteiger partial charge in [0.1, 0.15) is 18.5 Å². The largest absolute Gasteiger partial charge is 0.496 e. The molecule has 0 radical (unpaired) electrons. The van der Waals surface area contributed by atoms with Crippen molar-refractivity contribution in [1.82, 2.24) is 9.97 Å². The predicted molar refractivity (Wildman–Crippen MR) is 120 cm³/mol. The molecule has 0 bridgehead atoms. The van der Waals surface area contributed by atoms with Crippen molar-refractivity contribution in [3.63, 3.8) is 0 Å². The normalized spacial score (nSPS) is 13.2. The highest BCUT2D eigenvalue weighted by molar-refractivity contribution is 6.04. The number of aromatic nitrogens is 2. The number of ether oxygens (including phenoxy) is 1. The summed E-state index contributed by atoms with van der Waals surface area (Å²) in [5, 5.41) is 27.5. The minimum Gasteiger partial charge on any atom is -0.496 e. The summed E-state index contributed by atoms with van der Waals surface area (Å²) in [6.45, 7) is 1.70. The van der Waals surface area contributed by atoms with Gasteiger partial charge in [0.2, 0.25) is 0 Å². The first kappa shape index (κ1) is 24.8. The van der Waals surface area contributed by atoms with Crippen molar-refractivity contribution in [3.8, 4) is 18.1 Å². The van der Waals surface area contributed by atoms with Crippen molar-refractivity contribution in [3.05, 3.63) is 71.3 Å². The molecule has 30 heavy (non-hydrogen) atoms. The highest BCUT2D eigenvalue weighted by atomic mass is 16.5. The van der Waals surface area contributed by atoms with E-state index in [0.717, 1.165) is 17.6 Å². The number of hydrogen-bond acceptors (Lipinski definition) is 6. The number of terminal acetylenes is 1. The summed E-state index contributed by atoms with van der Waals surface area (Å²) < 4.78 is 5.43. The van der Waals surface area contributed by atoms with Crippen molar-refractivity contribution in [1.29, 1.82) is 5.41 Å². The number of rotatable bonds is 5. The average molecular weight is 408 g/mol. The first-order valence-electron chi connectivity index (χ1n) is 9.21. The molecule has 1 aliphatic rings. The molecule has 1 atom stereocenters. The van der Waals surface area contributed by atoms with Gasteiger partial charge in [0.15, 0.2) is 5.82 Å². The van der Waals surface area contributed by atoms with Crippen LogP contribution in [0.25, 0.3) is 5.57 Å². The van der Waals surface area contributed by atoms with E-state index in [1.807, 2.05) is 25.1 Å². The van der Waals surface area contributed by atoms with Crippen LogP contribution < -0.4 is 4.74 Å². The number of aliphatic hydroxyl groups is 2. The zero-order valence-electron chi connectivity index (χ0n) is 16.6. The van der Waals surface area contributed by atoms with Crippen LogP contribution >= 0.6 is 0 Å². The van der Waals surface area contributed by atoms with Crippen LogP contribution in [0, 0.1) is 17.8 Å². The van der Waals surface area contributed by atoms with Crippen molar-refractivity contribution in [2.45, 2.75) is 39.9 Å². The Hall–Kier alpha value is -3.27. The Morgan fingerprint density at radius 3 is 2.47 bits per heavy atom. The topological polar surface area (TPSA) is 99.3 Å². The lowest BCUT2D eigenvalue weighted by molar-refractivity contribution is 0.218. The fraction of sp³-hybridized carbons (Fsp3) is 0.292. The average Bonchev–Trinajstić information content (AvgIpc) is 2.78. The summed E-state index contributed by atoms with van der Waals surface area (Å²) in [6, 6.07) is 5.42. The summed E-state index contributed by atoms with van der Waals surface area (Å²) in [4.78, 5) is 8.01. The maximum Gasteiger partial charge on any atom is 0.153 e. The molecule has 0 fully saturated rings. The third-order valence-corrected chi connectivity index (χ3v) is 4.20. The Kier molecular flexibility index (Phi) is 10.2. The van der Waals surface area contributed by atoms with E-state index < -0.39 is 6.10 Å². The number of allylic oxidation sites excluding steroid dienone is 4. The standard InChI is InChI=1S/C19H19N3O3.C4H6.CH4/c1-25-17-6-5-13(8-16(17)12-3-2-4-15(20)7-12)19(24)14-9-21-18(11-23)22-10-14;1-3-4-2;/h2-3,5-10,19-20,23-24H,4,11H2,1H3;1H,4H2,2H3;1H4. The molecular weight excluding hydrogens is 378 g/mol. The lowest BCUT2D eigenvalue weighted by Gasteiger charge is -2.17. The van der Waals surface area contributed by atoms with Gasteiger partial charge in [0.05, 0.1) is 7.11 Å². The van der Waals surface area contributed by atoms with Gasteiger partial charge in [0.25, 0.3) is 0 Å². The molecule has 1 aromatic carbocycles. The van der Waals surface area contributed by atoms with Crippen LogP contribution in [0.4, 0.5) is 0 Å². The van der Waals surface area contributed by atoms with E-state index in [-0.39, 0.29) is 14.0 Å². The lowest BCUT2D eigenvalue weighted by atomic mass is 9.94. The number of hydrogen-bond donors (Lipinski definition) is 3. The van der Waals surface area contributed by atoms with Crippen LogP contribution in [0.1, 0.15) is 55.8 Å². The fourth-order valence-corrected chi connectivity index (χ4v) is 2.68. The zero-order valence-corrected chi connectivity index (χ0v) is 16.6. The summed E-state index contributed by atoms with van der Waals surface area (Å²) in [5.41, 5.74) is 3.41. The van der Waals surface area contributed by atoms with E-state index in [2.05, 4.69) is 15.9 Å². The van der Waals surface area contributed by atoms with Crippen LogP contribution in [0.2, 0.25) is 0 Å². The van der Waals surface area contributed by atoms with Crippen LogP contribution in [0.3, 0.4) is 0 Å². The van der Waals surface area contributed by atoms with Gasteiger partial charge in [-0.3, -0.25) is 0 Å². The highest BCUT2D eigenvalue weighted by Gasteiger charge is 2.16. The number of benzene rings is 1. The molecule has 3 rings (SSSR count). The molecule has 0 aliphatic heterocycles. The quantitative estimate of drug-likeness (QED) is 0.649. The second-order valence-electron chi connectivity index (χ2n) is 6.24. The second kappa shape index (κ2) is 12.3. The van der Waals surface area contributed by atoms with E-state index in [9.17, 15) is 5.11 Å². The third-order valence-electron chi connectivity index (χ3n) is 4.20. The Morgan fingerprint density at radius 1 is 1.27 bits per heavy atom. The van der Waals surface area contributed by atoms with Gasteiger partial charge in [-0.15, -0.1) is 12.3 Å². The number of aliphatic hydroxyl groups excluding tert-OH is 2. The molecule has 0 spiro atoms. The first-order chi connectivity index (χ1) is 14.0. The van der Waals surface area contributed by atoms with Gasteiger partial charge < -0.3 is 20.4 Å². The molecule has 0 amide bonds. The van der Waals surface area contributed by atoms with E-state index in [1.54, 1.807) is 25.3 Å². The van der Waals surface area contributed by atoms with Gasteiger partial charge in [0, 0.05) is 42.1 Å². The maximum atomic E-state index is 10.6. The third kappa shape index (κ3) is 6.38.